The van der Waals surface area contributed by atoms with Crippen LogP contribution in [0.25, 0.3) is 0 Å². The molecule has 0 bridgehead atoms. The maximum atomic E-state index is 5.41. The quantitative estimate of drug-likeness (QED) is 0.661. The van der Waals surface area contributed by atoms with E-state index in [0.29, 0.717) is 16.9 Å². The van der Waals surface area contributed by atoms with Gasteiger partial charge < -0.3 is 4.74 Å². The third-order valence-corrected chi connectivity index (χ3v) is 4.58. The molecule has 2 aliphatic rings. The number of epoxide rings is 1. The summed E-state index contributed by atoms with van der Waals surface area (Å²) in [5, 5.41) is 0. The molecule has 0 aromatic heterocycles. The second kappa shape index (κ2) is 3.35. The molecule has 0 spiro atoms. The van der Waals surface area contributed by atoms with E-state index in [4.69, 9.17) is 4.74 Å². The third kappa shape index (κ3) is 1.81. The zero-order valence-electron chi connectivity index (χ0n) is 11.3. The number of rotatable bonds is 1. The summed E-state index contributed by atoms with van der Waals surface area (Å²) in [7, 11) is 0. The van der Waals surface area contributed by atoms with Crippen molar-refractivity contribution in [3.05, 3.63) is 34.9 Å². The van der Waals surface area contributed by atoms with Gasteiger partial charge in [-0.05, 0) is 40.4 Å². The monoisotopic (exact) mass is 230 g/mol. The minimum absolute atomic E-state index is 0.315. The highest BCUT2D eigenvalue weighted by molar-refractivity contribution is 5.44. The van der Waals surface area contributed by atoms with Gasteiger partial charge in [0.25, 0.3) is 0 Å². The van der Waals surface area contributed by atoms with Crippen LogP contribution in [0.4, 0.5) is 0 Å². The topological polar surface area (TPSA) is 12.5 Å². The molecule has 0 amide bonds. The highest BCUT2D eigenvalue weighted by atomic mass is 16.6. The summed E-state index contributed by atoms with van der Waals surface area (Å²) in [5.41, 5.74) is 5.10. The fraction of sp³-hybridized carbons (Fsp3) is 0.625. The Bertz CT molecular complexity index is 453. The van der Waals surface area contributed by atoms with Gasteiger partial charge in [-0.15, -0.1) is 0 Å². The predicted octanol–water partition coefficient (Wildman–Crippen LogP) is 4.11. The summed E-state index contributed by atoms with van der Waals surface area (Å²) in [6.07, 6.45) is 2.94. The van der Waals surface area contributed by atoms with Gasteiger partial charge in [0.15, 0.2) is 0 Å². The lowest BCUT2D eigenvalue weighted by Gasteiger charge is -2.42. The van der Waals surface area contributed by atoms with E-state index in [9.17, 15) is 0 Å². The number of hydrogen-bond acceptors (Lipinski definition) is 1. The van der Waals surface area contributed by atoms with Crippen molar-refractivity contribution in [3.63, 3.8) is 0 Å². The summed E-state index contributed by atoms with van der Waals surface area (Å²) in [6.45, 7) is 10.4. The Balaban J connectivity index is 2.13. The third-order valence-electron chi connectivity index (χ3n) is 4.58. The van der Waals surface area contributed by atoms with E-state index in [0.717, 1.165) is 6.61 Å². The minimum atomic E-state index is 0.315. The molecule has 1 saturated heterocycles. The van der Waals surface area contributed by atoms with Crippen molar-refractivity contribution in [2.24, 2.45) is 0 Å². The number of ether oxygens (including phenoxy) is 1. The molecule has 0 saturated carbocycles. The van der Waals surface area contributed by atoms with E-state index in [2.05, 4.69) is 45.9 Å². The first-order valence-electron chi connectivity index (χ1n) is 6.67. The average molecular weight is 230 g/mol. The fourth-order valence-corrected chi connectivity index (χ4v) is 3.05. The average Bonchev–Trinajstić information content (AvgIpc) is 3.08. The van der Waals surface area contributed by atoms with E-state index in [1.54, 1.807) is 5.56 Å². The summed E-state index contributed by atoms with van der Waals surface area (Å²) in [6, 6.07) is 7.00. The van der Waals surface area contributed by atoms with Gasteiger partial charge in [0, 0.05) is 0 Å². The lowest BCUT2D eigenvalue weighted by atomic mass is 9.63. The van der Waals surface area contributed by atoms with Crippen LogP contribution in [0.1, 0.15) is 63.3 Å². The number of hydrogen-bond donors (Lipinski definition) is 0. The molecule has 3 rings (SSSR count). The van der Waals surface area contributed by atoms with Gasteiger partial charge in [-0.2, -0.15) is 0 Å². The number of benzene rings is 1. The Morgan fingerprint density at radius 2 is 1.59 bits per heavy atom. The molecule has 1 unspecified atom stereocenters. The molecule has 1 aromatic carbocycles. The van der Waals surface area contributed by atoms with E-state index in [1.807, 2.05) is 0 Å². The lowest BCUT2D eigenvalue weighted by Crippen LogP contribution is -2.33. The molecule has 0 radical (unpaired) electrons. The normalized spacial score (nSPS) is 28.6. The van der Waals surface area contributed by atoms with E-state index in [-0.39, 0.29) is 0 Å². The molecule has 1 atom stereocenters. The molecule has 1 heterocycles. The Morgan fingerprint density at radius 1 is 1.00 bits per heavy atom. The summed E-state index contributed by atoms with van der Waals surface area (Å²) in [4.78, 5) is 0. The fourth-order valence-electron chi connectivity index (χ4n) is 3.05. The largest absolute Gasteiger partial charge is 0.368 e. The molecule has 92 valence electrons. The maximum Gasteiger partial charge on any atom is 0.106 e. The summed E-state index contributed by atoms with van der Waals surface area (Å²) in [5.74, 6) is 0. The molecule has 1 aliphatic heterocycles. The van der Waals surface area contributed by atoms with Crippen LogP contribution in [0.5, 0.6) is 0 Å². The van der Waals surface area contributed by atoms with Crippen molar-refractivity contribution in [1.82, 2.24) is 0 Å². The van der Waals surface area contributed by atoms with E-state index in [1.165, 1.54) is 24.0 Å². The number of fused-ring (bicyclic) bond motifs is 1. The van der Waals surface area contributed by atoms with Crippen LogP contribution in [0.2, 0.25) is 0 Å². The zero-order chi connectivity index (χ0) is 12.3. The standard InChI is InChI=1S/C16H22O/c1-15(2)7-8-16(3,4)13-9-11(14-10-17-14)5-6-12(13)15/h5-6,9,14H,7-8,10H2,1-4H3. The second-order valence-corrected chi connectivity index (χ2v) is 6.89. The van der Waals surface area contributed by atoms with Crippen molar-refractivity contribution >= 4 is 0 Å². The smallest absolute Gasteiger partial charge is 0.106 e. The Hall–Kier alpha value is -0.820. The Morgan fingerprint density at radius 3 is 2.18 bits per heavy atom. The predicted molar refractivity (Wildman–Crippen MR) is 70.4 cm³/mol. The molecule has 1 aromatic rings. The molecule has 0 N–H and O–H groups in total. The SMILES string of the molecule is CC1(C)CCC(C)(C)c2cc(C3CO3)ccc21. The summed E-state index contributed by atoms with van der Waals surface area (Å²) < 4.78 is 5.41. The van der Waals surface area contributed by atoms with Crippen molar-refractivity contribution < 1.29 is 4.74 Å². The molecule has 17 heavy (non-hydrogen) atoms. The van der Waals surface area contributed by atoms with Crippen LogP contribution in [0.15, 0.2) is 18.2 Å². The van der Waals surface area contributed by atoms with Crippen LogP contribution in [-0.2, 0) is 15.6 Å². The van der Waals surface area contributed by atoms with Crippen LogP contribution in [0, 0.1) is 0 Å². The lowest BCUT2D eigenvalue weighted by molar-refractivity contribution is 0.331. The van der Waals surface area contributed by atoms with Crippen LogP contribution in [-0.4, -0.2) is 6.61 Å². The van der Waals surface area contributed by atoms with Crippen molar-refractivity contribution in [2.45, 2.75) is 57.5 Å². The molecule has 1 nitrogen and oxygen atoms in total. The molecular weight excluding hydrogens is 208 g/mol. The van der Waals surface area contributed by atoms with Gasteiger partial charge in [0.05, 0.1) is 6.61 Å². The van der Waals surface area contributed by atoms with Crippen LogP contribution >= 0.6 is 0 Å². The van der Waals surface area contributed by atoms with E-state index >= 15 is 0 Å². The first-order chi connectivity index (χ1) is 7.90. The first-order valence-corrected chi connectivity index (χ1v) is 6.67. The van der Waals surface area contributed by atoms with Gasteiger partial charge in [-0.3, -0.25) is 0 Å². The highest BCUT2D eigenvalue weighted by Crippen LogP contribution is 2.47. The van der Waals surface area contributed by atoms with Gasteiger partial charge >= 0.3 is 0 Å². The maximum absolute atomic E-state index is 5.41. The zero-order valence-corrected chi connectivity index (χ0v) is 11.3. The minimum Gasteiger partial charge on any atom is -0.368 e. The molecule has 1 fully saturated rings. The molecular formula is C16H22O. The van der Waals surface area contributed by atoms with Crippen molar-refractivity contribution in [3.8, 4) is 0 Å². The van der Waals surface area contributed by atoms with Crippen LogP contribution in [0.3, 0.4) is 0 Å². The highest BCUT2D eigenvalue weighted by Gasteiger charge is 2.38. The second-order valence-electron chi connectivity index (χ2n) is 6.89. The van der Waals surface area contributed by atoms with Crippen molar-refractivity contribution in [1.29, 1.82) is 0 Å². The Kier molecular flexibility index (Phi) is 2.22. The van der Waals surface area contributed by atoms with Gasteiger partial charge in [-0.1, -0.05) is 45.9 Å². The first kappa shape index (κ1) is 11.3. The van der Waals surface area contributed by atoms with Crippen LogP contribution < -0.4 is 0 Å². The van der Waals surface area contributed by atoms with Crippen molar-refractivity contribution in [2.75, 3.05) is 6.61 Å². The molecule has 1 aliphatic carbocycles. The van der Waals surface area contributed by atoms with E-state index < -0.39 is 0 Å². The van der Waals surface area contributed by atoms with Gasteiger partial charge in [-0.25, -0.2) is 0 Å². The molecule has 1 heteroatoms. The van der Waals surface area contributed by atoms with Gasteiger partial charge in [0.2, 0.25) is 0 Å². The van der Waals surface area contributed by atoms with Gasteiger partial charge in [0.1, 0.15) is 6.10 Å². The summed E-state index contributed by atoms with van der Waals surface area (Å²) >= 11 is 0. The Labute approximate surface area is 104 Å².